The first kappa shape index (κ1) is 14.9. The number of benzene rings is 1. The van der Waals surface area contributed by atoms with Crippen LogP contribution >= 0.6 is 54.8 Å². The SMILES string of the molecule is Cc1sc(C(C#N)Nc2ccc(Cl)c(Br)c2)cc1Br. The minimum absolute atomic E-state index is 0.372. The molecular formula is C13H9Br2ClN2S. The highest BCUT2D eigenvalue weighted by Crippen LogP contribution is 2.33. The summed E-state index contributed by atoms with van der Waals surface area (Å²) in [5.41, 5.74) is 0.852. The van der Waals surface area contributed by atoms with Crippen LogP contribution in [-0.2, 0) is 0 Å². The van der Waals surface area contributed by atoms with Gasteiger partial charge in [-0.2, -0.15) is 5.26 Å². The Kier molecular flexibility index (Phi) is 4.91. The highest BCUT2D eigenvalue weighted by Gasteiger charge is 2.15. The fraction of sp³-hybridized carbons (Fsp3) is 0.154. The number of aryl methyl sites for hydroxylation is 1. The van der Waals surface area contributed by atoms with Gasteiger partial charge in [-0.3, -0.25) is 0 Å². The van der Waals surface area contributed by atoms with Gasteiger partial charge in [-0.25, -0.2) is 0 Å². The third-order valence-electron chi connectivity index (χ3n) is 2.52. The molecular weight excluding hydrogens is 411 g/mol. The molecule has 0 spiro atoms. The maximum Gasteiger partial charge on any atom is 0.149 e. The maximum atomic E-state index is 9.31. The van der Waals surface area contributed by atoms with Crippen LogP contribution in [0.1, 0.15) is 15.8 Å². The van der Waals surface area contributed by atoms with E-state index in [2.05, 4.69) is 43.2 Å². The average Bonchev–Trinajstić information content (AvgIpc) is 2.71. The van der Waals surface area contributed by atoms with Crippen LogP contribution in [-0.4, -0.2) is 0 Å². The van der Waals surface area contributed by atoms with Crippen molar-refractivity contribution in [2.24, 2.45) is 0 Å². The Morgan fingerprint density at radius 3 is 2.58 bits per heavy atom. The zero-order chi connectivity index (χ0) is 14.0. The first-order valence-electron chi connectivity index (χ1n) is 5.38. The minimum Gasteiger partial charge on any atom is -0.366 e. The Balaban J connectivity index is 2.24. The first-order valence-corrected chi connectivity index (χ1v) is 8.16. The summed E-state index contributed by atoms with van der Waals surface area (Å²) in [5.74, 6) is 0. The zero-order valence-electron chi connectivity index (χ0n) is 9.88. The lowest BCUT2D eigenvalue weighted by Gasteiger charge is -2.12. The van der Waals surface area contributed by atoms with E-state index in [4.69, 9.17) is 11.6 Å². The van der Waals surface area contributed by atoms with Gasteiger partial charge in [0.25, 0.3) is 0 Å². The molecule has 2 aromatic rings. The number of halogens is 3. The molecule has 0 fully saturated rings. The van der Waals surface area contributed by atoms with Crippen LogP contribution in [0, 0.1) is 18.3 Å². The molecule has 0 saturated heterocycles. The average molecular weight is 421 g/mol. The quantitative estimate of drug-likeness (QED) is 0.670. The fourth-order valence-electron chi connectivity index (χ4n) is 1.54. The highest BCUT2D eigenvalue weighted by atomic mass is 79.9. The highest BCUT2D eigenvalue weighted by molar-refractivity contribution is 9.10. The molecule has 0 radical (unpaired) electrons. The number of anilines is 1. The van der Waals surface area contributed by atoms with E-state index in [1.807, 2.05) is 25.1 Å². The Bertz CT molecular complexity index is 629. The fourth-order valence-corrected chi connectivity index (χ4v) is 3.60. The van der Waals surface area contributed by atoms with Gasteiger partial charge >= 0.3 is 0 Å². The second-order valence-corrected chi connectivity index (χ2v) is 7.29. The van der Waals surface area contributed by atoms with Gasteiger partial charge in [0.05, 0.1) is 11.1 Å². The summed E-state index contributed by atoms with van der Waals surface area (Å²) in [4.78, 5) is 2.15. The molecule has 1 aromatic heterocycles. The van der Waals surface area contributed by atoms with Crippen molar-refractivity contribution in [1.82, 2.24) is 0 Å². The van der Waals surface area contributed by atoms with E-state index in [0.29, 0.717) is 5.02 Å². The van der Waals surface area contributed by atoms with Crippen LogP contribution in [0.4, 0.5) is 5.69 Å². The van der Waals surface area contributed by atoms with Gasteiger partial charge in [-0.1, -0.05) is 11.6 Å². The van der Waals surface area contributed by atoms with Crippen LogP contribution in [0.25, 0.3) is 0 Å². The number of rotatable bonds is 3. The van der Waals surface area contributed by atoms with Crippen molar-refractivity contribution in [3.63, 3.8) is 0 Å². The molecule has 0 bridgehead atoms. The molecule has 2 nitrogen and oxygen atoms in total. The molecule has 0 saturated carbocycles. The van der Waals surface area contributed by atoms with E-state index in [9.17, 15) is 5.26 Å². The molecule has 1 atom stereocenters. The minimum atomic E-state index is -0.372. The monoisotopic (exact) mass is 418 g/mol. The Morgan fingerprint density at radius 1 is 1.32 bits per heavy atom. The molecule has 1 heterocycles. The topological polar surface area (TPSA) is 35.8 Å². The molecule has 1 unspecified atom stereocenters. The van der Waals surface area contributed by atoms with Crippen LogP contribution < -0.4 is 5.32 Å². The molecule has 0 aliphatic rings. The first-order chi connectivity index (χ1) is 9.01. The van der Waals surface area contributed by atoms with Gasteiger partial charge in [0.2, 0.25) is 0 Å². The molecule has 19 heavy (non-hydrogen) atoms. The van der Waals surface area contributed by atoms with Crippen LogP contribution in [0.5, 0.6) is 0 Å². The van der Waals surface area contributed by atoms with Crippen LogP contribution in [0.3, 0.4) is 0 Å². The predicted octanol–water partition coefficient (Wildman–Crippen LogP) is 5.91. The standard InChI is InChI=1S/C13H9Br2ClN2S/c1-7-9(14)5-13(19-7)12(6-17)18-8-2-3-11(16)10(15)4-8/h2-5,12,18H,1H3. The maximum absolute atomic E-state index is 9.31. The third kappa shape index (κ3) is 3.51. The Labute approximate surface area is 137 Å². The van der Waals surface area contributed by atoms with Crippen molar-refractivity contribution in [2.75, 3.05) is 5.32 Å². The van der Waals surface area contributed by atoms with E-state index < -0.39 is 0 Å². The molecule has 6 heteroatoms. The summed E-state index contributed by atoms with van der Waals surface area (Å²) >= 11 is 14.4. The van der Waals surface area contributed by atoms with E-state index >= 15 is 0 Å². The van der Waals surface area contributed by atoms with E-state index in [-0.39, 0.29) is 6.04 Å². The lowest BCUT2D eigenvalue weighted by atomic mass is 10.2. The van der Waals surface area contributed by atoms with Gasteiger partial charge in [0.15, 0.2) is 0 Å². The predicted molar refractivity (Wildman–Crippen MR) is 87.9 cm³/mol. The summed E-state index contributed by atoms with van der Waals surface area (Å²) in [7, 11) is 0. The number of nitrogens with zero attached hydrogens (tertiary/aromatic N) is 1. The van der Waals surface area contributed by atoms with E-state index in [0.717, 1.165) is 24.4 Å². The largest absolute Gasteiger partial charge is 0.366 e. The van der Waals surface area contributed by atoms with Crippen molar-refractivity contribution in [1.29, 1.82) is 5.26 Å². The summed E-state index contributed by atoms with van der Waals surface area (Å²) in [5, 5.41) is 13.1. The van der Waals surface area contributed by atoms with Crippen molar-refractivity contribution >= 4 is 60.5 Å². The summed E-state index contributed by atoms with van der Waals surface area (Å²) in [6.07, 6.45) is 0. The lowest BCUT2D eigenvalue weighted by Crippen LogP contribution is -2.06. The molecule has 98 valence electrons. The second kappa shape index (κ2) is 6.27. The van der Waals surface area contributed by atoms with Crippen LogP contribution in [0.15, 0.2) is 33.2 Å². The number of hydrogen-bond acceptors (Lipinski definition) is 3. The van der Waals surface area contributed by atoms with Gasteiger partial charge in [-0.05, 0) is 63.0 Å². The molecule has 0 amide bonds. The second-order valence-electron chi connectivity index (χ2n) is 3.89. The van der Waals surface area contributed by atoms with Gasteiger partial charge in [0.1, 0.15) is 6.04 Å². The summed E-state index contributed by atoms with van der Waals surface area (Å²) in [6.45, 7) is 2.02. The summed E-state index contributed by atoms with van der Waals surface area (Å²) < 4.78 is 1.84. The van der Waals surface area contributed by atoms with E-state index in [1.54, 1.807) is 17.4 Å². The normalized spacial score (nSPS) is 11.9. The van der Waals surface area contributed by atoms with Gasteiger partial charge < -0.3 is 5.32 Å². The number of nitriles is 1. The molecule has 2 rings (SSSR count). The molecule has 1 N–H and O–H groups in total. The Hall–Kier alpha value is -0.540. The molecule has 0 aliphatic carbocycles. The lowest BCUT2D eigenvalue weighted by molar-refractivity contribution is 1.03. The van der Waals surface area contributed by atoms with Crippen molar-refractivity contribution < 1.29 is 0 Å². The van der Waals surface area contributed by atoms with Crippen molar-refractivity contribution in [3.8, 4) is 6.07 Å². The summed E-state index contributed by atoms with van der Waals surface area (Å²) in [6, 6.07) is 9.38. The molecule has 0 aliphatic heterocycles. The third-order valence-corrected chi connectivity index (χ3v) is 5.94. The van der Waals surface area contributed by atoms with Gasteiger partial charge in [-0.15, -0.1) is 11.3 Å². The van der Waals surface area contributed by atoms with Crippen molar-refractivity contribution in [2.45, 2.75) is 13.0 Å². The Morgan fingerprint density at radius 2 is 2.05 bits per heavy atom. The number of thiophene rings is 1. The van der Waals surface area contributed by atoms with E-state index in [1.165, 1.54) is 0 Å². The van der Waals surface area contributed by atoms with Crippen LogP contribution in [0.2, 0.25) is 5.02 Å². The number of hydrogen-bond donors (Lipinski definition) is 1. The zero-order valence-corrected chi connectivity index (χ0v) is 14.6. The molecule has 1 aromatic carbocycles. The number of nitrogens with one attached hydrogen (secondary N) is 1. The van der Waals surface area contributed by atoms with Gasteiger partial charge in [0, 0.05) is 24.4 Å². The smallest absolute Gasteiger partial charge is 0.149 e. The van der Waals surface area contributed by atoms with Crippen molar-refractivity contribution in [3.05, 3.63) is 48.0 Å².